The van der Waals surface area contributed by atoms with Crippen molar-refractivity contribution in [2.45, 2.75) is 13.0 Å². The van der Waals surface area contributed by atoms with Gasteiger partial charge < -0.3 is 10.6 Å². The highest BCUT2D eigenvalue weighted by Gasteiger charge is 2.29. The predicted octanol–water partition coefficient (Wildman–Crippen LogP) is 2.34. The van der Waals surface area contributed by atoms with Crippen LogP contribution in [0.3, 0.4) is 0 Å². The molecule has 1 amide bonds. The molecule has 0 aromatic heterocycles. The fourth-order valence-electron chi connectivity index (χ4n) is 3.33. The molecular formula is C19H23N3O. The van der Waals surface area contributed by atoms with Gasteiger partial charge in [0.1, 0.15) is 6.04 Å². The molecule has 1 heterocycles. The van der Waals surface area contributed by atoms with E-state index in [0.29, 0.717) is 0 Å². The lowest BCUT2D eigenvalue weighted by molar-refractivity contribution is -0.123. The number of para-hydroxylation sites is 1. The van der Waals surface area contributed by atoms with E-state index in [0.717, 1.165) is 31.7 Å². The van der Waals surface area contributed by atoms with Gasteiger partial charge in [0, 0.05) is 31.9 Å². The third-order valence-corrected chi connectivity index (χ3v) is 4.52. The molecule has 23 heavy (non-hydrogen) atoms. The molecule has 0 bridgehead atoms. The maximum absolute atomic E-state index is 12.0. The minimum atomic E-state index is -0.338. The van der Waals surface area contributed by atoms with E-state index in [1.165, 1.54) is 11.3 Å². The molecule has 1 unspecified atom stereocenters. The summed E-state index contributed by atoms with van der Waals surface area (Å²) in [6.07, 6.45) is 0. The highest BCUT2D eigenvalue weighted by atomic mass is 16.1. The lowest BCUT2D eigenvalue weighted by Crippen LogP contribution is -2.50. The van der Waals surface area contributed by atoms with Gasteiger partial charge in [0.05, 0.1) is 0 Å². The standard InChI is InChI=1S/C19H23N3O/c1-15-7-5-6-10-17(15)21-11-13-22(14-12-21)18(19(20)23)16-8-3-2-4-9-16/h2-10,18H,11-14H2,1H3,(H2,20,23). The van der Waals surface area contributed by atoms with Crippen LogP contribution in [0.25, 0.3) is 0 Å². The van der Waals surface area contributed by atoms with Crippen molar-refractivity contribution in [3.63, 3.8) is 0 Å². The van der Waals surface area contributed by atoms with Gasteiger partial charge in [-0.05, 0) is 24.1 Å². The Hall–Kier alpha value is -2.33. The smallest absolute Gasteiger partial charge is 0.239 e. The molecule has 1 atom stereocenters. The quantitative estimate of drug-likeness (QED) is 0.943. The van der Waals surface area contributed by atoms with Gasteiger partial charge in [0.25, 0.3) is 0 Å². The molecule has 1 aliphatic rings. The number of amides is 1. The van der Waals surface area contributed by atoms with Crippen molar-refractivity contribution in [1.82, 2.24) is 4.90 Å². The molecule has 3 rings (SSSR count). The van der Waals surface area contributed by atoms with Crippen molar-refractivity contribution in [1.29, 1.82) is 0 Å². The zero-order valence-corrected chi connectivity index (χ0v) is 13.5. The summed E-state index contributed by atoms with van der Waals surface area (Å²) in [7, 11) is 0. The Balaban J connectivity index is 1.72. The van der Waals surface area contributed by atoms with Gasteiger partial charge in [-0.3, -0.25) is 9.69 Å². The highest BCUT2D eigenvalue weighted by Crippen LogP contribution is 2.25. The molecule has 2 aromatic rings. The van der Waals surface area contributed by atoms with Gasteiger partial charge in [-0.25, -0.2) is 0 Å². The second kappa shape index (κ2) is 6.84. The molecule has 0 saturated carbocycles. The second-order valence-corrected chi connectivity index (χ2v) is 6.03. The predicted molar refractivity (Wildman–Crippen MR) is 93.3 cm³/mol. The molecule has 1 aliphatic heterocycles. The van der Waals surface area contributed by atoms with Gasteiger partial charge in [0.2, 0.25) is 5.91 Å². The van der Waals surface area contributed by atoms with E-state index in [2.05, 4.69) is 41.0 Å². The Morgan fingerprint density at radius 3 is 2.17 bits per heavy atom. The summed E-state index contributed by atoms with van der Waals surface area (Å²) >= 11 is 0. The lowest BCUT2D eigenvalue weighted by atomic mass is 10.0. The van der Waals surface area contributed by atoms with E-state index in [1.807, 2.05) is 30.3 Å². The van der Waals surface area contributed by atoms with E-state index in [9.17, 15) is 4.79 Å². The van der Waals surface area contributed by atoms with Crippen LogP contribution in [0.15, 0.2) is 54.6 Å². The fraction of sp³-hybridized carbons (Fsp3) is 0.316. The van der Waals surface area contributed by atoms with Crippen LogP contribution in [-0.2, 0) is 4.79 Å². The van der Waals surface area contributed by atoms with Crippen molar-refractivity contribution in [3.05, 3.63) is 65.7 Å². The molecule has 1 fully saturated rings. The second-order valence-electron chi connectivity index (χ2n) is 6.03. The third-order valence-electron chi connectivity index (χ3n) is 4.52. The molecular weight excluding hydrogens is 286 g/mol. The number of nitrogens with zero attached hydrogens (tertiary/aromatic N) is 2. The van der Waals surface area contributed by atoms with Crippen LogP contribution < -0.4 is 10.6 Å². The summed E-state index contributed by atoms with van der Waals surface area (Å²) < 4.78 is 0. The van der Waals surface area contributed by atoms with Crippen molar-refractivity contribution >= 4 is 11.6 Å². The van der Waals surface area contributed by atoms with Crippen molar-refractivity contribution in [2.24, 2.45) is 5.73 Å². The zero-order chi connectivity index (χ0) is 16.2. The fourth-order valence-corrected chi connectivity index (χ4v) is 3.33. The van der Waals surface area contributed by atoms with E-state index >= 15 is 0 Å². The van der Waals surface area contributed by atoms with Crippen molar-refractivity contribution in [3.8, 4) is 0 Å². The molecule has 1 saturated heterocycles. The first-order valence-corrected chi connectivity index (χ1v) is 8.05. The SMILES string of the molecule is Cc1ccccc1N1CCN(C(C(N)=O)c2ccccc2)CC1. The van der Waals surface area contributed by atoms with Crippen LogP contribution >= 0.6 is 0 Å². The van der Waals surface area contributed by atoms with Gasteiger partial charge in [0.15, 0.2) is 0 Å². The van der Waals surface area contributed by atoms with Crippen LogP contribution in [0.1, 0.15) is 17.2 Å². The van der Waals surface area contributed by atoms with Crippen LogP contribution in [-0.4, -0.2) is 37.0 Å². The maximum atomic E-state index is 12.0. The number of piperazine rings is 1. The number of aryl methyl sites for hydroxylation is 1. The molecule has 4 heteroatoms. The van der Waals surface area contributed by atoms with Crippen LogP contribution in [0, 0.1) is 6.92 Å². The lowest BCUT2D eigenvalue weighted by Gasteiger charge is -2.39. The van der Waals surface area contributed by atoms with Gasteiger partial charge in [-0.1, -0.05) is 48.5 Å². The minimum absolute atomic E-state index is 0.277. The largest absolute Gasteiger partial charge is 0.369 e. The average molecular weight is 309 g/mol. The minimum Gasteiger partial charge on any atom is -0.369 e. The Morgan fingerprint density at radius 1 is 0.957 bits per heavy atom. The summed E-state index contributed by atoms with van der Waals surface area (Å²) in [5.74, 6) is -0.277. The van der Waals surface area contributed by atoms with Crippen LogP contribution in [0.2, 0.25) is 0 Å². The summed E-state index contributed by atoms with van der Waals surface area (Å²) in [6.45, 7) is 5.61. The average Bonchev–Trinajstić information content (AvgIpc) is 2.57. The Labute approximate surface area is 137 Å². The van der Waals surface area contributed by atoms with Crippen LogP contribution in [0.5, 0.6) is 0 Å². The summed E-state index contributed by atoms with van der Waals surface area (Å²) in [5, 5.41) is 0. The van der Waals surface area contributed by atoms with E-state index in [4.69, 9.17) is 5.73 Å². The molecule has 120 valence electrons. The number of primary amides is 1. The highest BCUT2D eigenvalue weighted by molar-refractivity contribution is 5.81. The summed E-state index contributed by atoms with van der Waals surface area (Å²) in [6, 6.07) is 17.9. The number of carbonyl (C=O) groups excluding carboxylic acids is 1. The van der Waals surface area contributed by atoms with E-state index in [1.54, 1.807) is 0 Å². The number of anilines is 1. The van der Waals surface area contributed by atoms with Gasteiger partial charge >= 0.3 is 0 Å². The number of rotatable bonds is 4. The molecule has 2 aromatic carbocycles. The number of hydrogen-bond donors (Lipinski definition) is 1. The number of benzene rings is 2. The molecule has 0 spiro atoms. The Kier molecular flexibility index (Phi) is 4.63. The molecule has 0 aliphatic carbocycles. The first-order chi connectivity index (χ1) is 11.2. The molecule has 0 radical (unpaired) electrons. The maximum Gasteiger partial charge on any atom is 0.239 e. The number of carbonyl (C=O) groups is 1. The molecule has 4 nitrogen and oxygen atoms in total. The number of nitrogens with two attached hydrogens (primary N) is 1. The first kappa shape index (κ1) is 15.6. The van der Waals surface area contributed by atoms with Crippen LogP contribution in [0.4, 0.5) is 5.69 Å². The van der Waals surface area contributed by atoms with Gasteiger partial charge in [-0.2, -0.15) is 0 Å². The van der Waals surface area contributed by atoms with E-state index < -0.39 is 0 Å². The van der Waals surface area contributed by atoms with Crippen molar-refractivity contribution < 1.29 is 4.79 Å². The first-order valence-electron chi connectivity index (χ1n) is 8.05. The third kappa shape index (κ3) is 3.37. The van der Waals surface area contributed by atoms with E-state index in [-0.39, 0.29) is 11.9 Å². The Morgan fingerprint density at radius 2 is 1.57 bits per heavy atom. The molecule has 2 N–H and O–H groups in total. The monoisotopic (exact) mass is 309 g/mol. The zero-order valence-electron chi connectivity index (χ0n) is 13.5. The Bertz CT molecular complexity index is 663. The number of hydrogen-bond acceptors (Lipinski definition) is 3. The summed E-state index contributed by atoms with van der Waals surface area (Å²) in [5.41, 5.74) is 9.22. The van der Waals surface area contributed by atoms with Gasteiger partial charge in [-0.15, -0.1) is 0 Å². The normalized spacial score (nSPS) is 17.0. The topological polar surface area (TPSA) is 49.6 Å². The van der Waals surface area contributed by atoms with Crippen molar-refractivity contribution in [2.75, 3.05) is 31.1 Å². The summed E-state index contributed by atoms with van der Waals surface area (Å²) in [4.78, 5) is 16.5.